The standard InChI is InChI=1S/C21H32O4/c1-18(2)8-5-9-19(3)15-13-20(4,17(22)23)21(24-10-11-25-21)12-14(15)6-7-16(18)19/h16H,5-13H2,1-4H3,(H,22,23)/t16-,19+,20+/m0/s1. The molecule has 0 amide bonds. The van der Waals surface area contributed by atoms with Crippen molar-refractivity contribution in [3.05, 3.63) is 11.1 Å². The smallest absolute Gasteiger partial charge is 0.315 e. The highest BCUT2D eigenvalue weighted by molar-refractivity contribution is 5.77. The summed E-state index contributed by atoms with van der Waals surface area (Å²) in [7, 11) is 0. The van der Waals surface area contributed by atoms with Crippen molar-refractivity contribution in [3.63, 3.8) is 0 Å². The Bertz CT molecular complexity index is 628. The van der Waals surface area contributed by atoms with E-state index >= 15 is 0 Å². The van der Waals surface area contributed by atoms with E-state index in [0.717, 1.165) is 6.42 Å². The minimum atomic E-state index is -1.01. The van der Waals surface area contributed by atoms with E-state index in [4.69, 9.17) is 9.47 Å². The van der Waals surface area contributed by atoms with E-state index in [9.17, 15) is 9.90 Å². The maximum absolute atomic E-state index is 12.3. The van der Waals surface area contributed by atoms with Crippen LogP contribution in [-0.2, 0) is 14.3 Å². The van der Waals surface area contributed by atoms with Gasteiger partial charge in [-0.15, -0.1) is 0 Å². The first-order valence-electron chi connectivity index (χ1n) is 9.87. The molecular weight excluding hydrogens is 316 g/mol. The van der Waals surface area contributed by atoms with Crippen LogP contribution in [0.25, 0.3) is 0 Å². The van der Waals surface area contributed by atoms with Gasteiger partial charge in [0, 0.05) is 6.42 Å². The normalized spacial score (nSPS) is 42.2. The summed E-state index contributed by atoms with van der Waals surface area (Å²) in [6.07, 6.45) is 7.19. The summed E-state index contributed by atoms with van der Waals surface area (Å²) < 4.78 is 12.0. The van der Waals surface area contributed by atoms with Crippen LogP contribution in [-0.4, -0.2) is 30.1 Å². The number of ether oxygens (including phenoxy) is 2. The molecule has 1 spiro atoms. The molecule has 0 aromatic carbocycles. The van der Waals surface area contributed by atoms with Crippen molar-refractivity contribution in [1.82, 2.24) is 0 Å². The summed E-state index contributed by atoms with van der Waals surface area (Å²) in [6, 6.07) is 0. The number of allylic oxidation sites excluding steroid dienone is 1. The van der Waals surface area contributed by atoms with Gasteiger partial charge in [-0.1, -0.05) is 38.3 Å². The number of fused-ring (bicyclic) bond motifs is 2. The maximum atomic E-state index is 12.3. The third-order valence-corrected chi connectivity index (χ3v) is 8.12. The molecule has 4 rings (SSSR count). The zero-order chi connectivity index (χ0) is 18.1. The van der Waals surface area contributed by atoms with Gasteiger partial charge in [-0.05, 0) is 55.8 Å². The summed E-state index contributed by atoms with van der Waals surface area (Å²) in [6.45, 7) is 10.1. The van der Waals surface area contributed by atoms with Gasteiger partial charge in [0.1, 0.15) is 5.41 Å². The summed E-state index contributed by atoms with van der Waals surface area (Å²) in [4.78, 5) is 12.3. The second kappa shape index (κ2) is 5.32. The number of carbonyl (C=O) groups is 1. The molecule has 1 saturated heterocycles. The van der Waals surface area contributed by atoms with Crippen molar-refractivity contribution in [3.8, 4) is 0 Å². The number of carboxylic acids is 1. The fourth-order valence-corrected chi connectivity index (χ4v) is 6.67. The quantitative estimate of drug-likeness (QED) is 0.707. The second-order valence-corrected chi connectivity index (χ2v) is 9.87. The van der Waals surface area contributed by atoms with E-state index in [1.54, 1.807) is 0 Å². The van der Waals surface area contributed by atoms with Gasteiger partial charge in [0.05, 0.1) is 13.2 Å². The summed E-state index contributed by atoms with van der Waals surface area (Å²) in [5, 5.41) is 10.1. The molecule has 1 N–H and O–H groups in total. The van der Waals surface area contributed by atoms with Crippen molar-refractivity contribution in [1.29, 1.82) is 0 Å². The minimum absolute atomic E-state index is 0.131. The van der Waals surface area contributed by atoms with Crippen LogP contribution in [0.15, 0.2) is 11.1 Å². The number of carboxylic acid groups (broad SMARTS) is 1. The first-order chi connectivity index (χ1) is 11.6. The fourth-order valence-electron chi connectivity index (χ4n) is 6.67. The predicted octanol–water partition coefficient (Wildman–Crippen LogP) is 4.54. The number of aliphatic carboxylic acids is 1. The Morgan fingerprint density at radius 1 is 1.08 bits per heavy atom. The number of rotatable bonds is 1. The van der Waals surface area contributed by atoms with Crippen LogP contribution in [0.1, 0.15) is 72.6 Å². The molecule has 4 heteroatoms. The van der Waals surface area contributed by atoms with Crippen LogP contribution in [0.4, 0.5) is 0 Å². The molecule has 0 unspecified atom stereocenters. The Morgan fingerprint density at radius 3 is 2.40 bits per heavy atom. The second-order valence-electron chi connectivity index (χ2n) is 9.87. The summed E-state index contributed by atoms with van der Waals surface area (Å²) in [5.41, 5.74) is 2.31. The minimum Gasteiger partial charge on any atom is -0.481 e. The average Bonchev–Trinajstić information content (AvgIpc) is 2.98. The van der Waals surface area contributed by atoms with Crippen LogP contribution < -0.4 is 0 Å². The van der Waals surface area contributed by atoms with E-state index in [1.807, 2.05) is 6.92 Å². The van der Waals surface area contributed by atoms with Gasteiger partial charge in [0.15, 0.2) is 5.79 Å². The lowest BCUT2D eigenvalue weighted by Crippen LogP contribution is -2.58. The lowest BCUT2D eigenvalue weighted by atomic mass is 9.47. The van der Waals surface area contributed by atoms with Gasteiger partial charge in [0.2, 0.25) is 0 Å². The van der Waals surface area contributed by atoms with Crippen molar-refractivity contribution in [2.45, 2.75) is 78.4 Å². The van der Waals surface area contributed by atoms with E-state index in [0.29, 0.717) is 37.4 Å². The van der Waals surface area contributed by atoms with Crippen LogP contribution >= 0.6 is 0 Å². The highest BCUT2D eigenvalue weighted by atomic mass is 16.7. The predicted molar refractivity (Wildman–Crippen MR) is 95.1 cm³/mol. The van der Waals surface area contributed by atoms with Gasteiger partial charge in [-0.2, -0.15) is 0 Å². The van der Waals surface area contributed by atoms with Crippen molar-refractivity contribution >= 4 is 5.97 Å². The third-order valence-electron chi connectivity index (χ3n) is 8.12. The largest absolute Gasteiger partial charge is 0.481 e. The first kappa shape index (κ1) is 17.5. The molecular formula is C21H32O4. The van der Waals surface area contributed by atoms with Crippen LogP contribution in [0, 0.1) is 22.2 Å². The zero-order valence-corrected chi connectivity index (χ0v) is 16.1. The molecule has 1 aliphatic heterocycles. The van der Waals surface area contributed by atoms with Gasteiger partial charge in [0.25, 0.3) is 0 Å². The Balaban J connectivity index is 1.80. The molecule has 0 radical (unpaired) electrons. The van der Waals surface area contributed by atoms with E-state index in [2.05, 4.69) is 20.8 Å². The van der Waals surface area contributed by atoms with E-state index in [1.165, 1.54) is 36.8 Å². The van der Waals surface area contributed by atoms with Gasteiger partial charge < -0.3 is 14.6 Å². The molecule has 1 heterocycles. The molecule has 1 saturated carbocycles. The Kier molecular flexibility index (Phi) is 3.73. The molecule has 0 bridgehead atoms. The molecule has 140 valence electrons. The van der Waals surface area contributed by atoms with Gasteiger partial charge in [-0.25, -0.2) is 0 Å². The molecule has 3 aliphatic carbocycles. The fraction of sp³-hybridized carbons (Fsp3) is 0.857. The number of hydrogen-bond donors (Lipinski definition) is 1. The first-order valence-corrected chi connectivity index (χ1v) is 9.87. The molecule has 2 fully saturated rings. The topological polar surface area (TPSA) is 55.8 Å². The molecule has 3 atom stereocenters. The van der Waals surface area contributed by atoms with E-state index < -0.39 is 17.2 Å². The maximum Gasteiger partial charge on any atom is 0.315 e. The Hall–Kier alpha value is -0.870. The summed E-state index contributed by atoms with van der Waals surface area (Å²) >= 11 is 0. The zero-order valence-electron chi connectivity index (χ0n) is 16.1. The van der Waals surface area contributed by atoms with Crippen LogP contribution in [0.3, 0.4) is 0 Å². The highest BCUT2D eigenvalue weighted by Crippen LogP contribution is 2.65. The SMILES string of the molecule is CC1(C)CCC[C@]2(C)C3=C(CC[C@@H]12)CC1(OCCO1)[C@@](C)(C(=O)O)C3. The van der Waals surface area contributed by atoms with Crippen LogP contribution in [0.2, 0.25) is 0 Å². The number of hydrogen-bond acceptors (Lipinski definition) is 3. The molecule has 0 aromatic heterocycles. The van der Waals surface area contributed by atoms with Gasteiger partial charge in [-0.3, -0.25) is 4.79 Å². The lowest BCUT2D eigenvalue weighted by molar-refractivity contribution is -0.243. The Labute approximate surface area is 151 Å². The molecule has 0 aromatic rings. The highest BCUT2D eigenvalue weighted by Gasteiger charge is 2.64. The summed E-state index contributed by atoms with van der Waals surface area (Å²) in [5.74, 6) is -1.11. The van der Waals surface area contributed by atoms with Crippen molar-refractivity contribution in [2.24, 2.45) is 22.2 Å². The van der Waals surface area contributed by atoms with Crippen LogP contribution in [0.5, 0.6) is 0 Å². The van der Waals surface area contributed by atoms with Gasteiger partial charge >= 0.3 is 5.97 Å². The lowest BCUT2D eigenvalue weighted by Gasteiger charge is -2.59. The average molecular weight is 348 g/mol. The van der Waals surface area contributed by atoms with E-state index in [-0.39, 0.29) is 5.41 Å². The monoisotopic (exact) mass is 348 g/mol. The van der Waals surface area contributed by atoms with Crippen molar-refractivity contribution < 1.29 is 19.4 Å². The van der Waals surface area contributed by atoms with Crippen molar-refractivity contribution in [2.75, 3.05) is 13.2 Å². The molecule has 4 nitrogen and oxygen atoms in total. The third kappa shape index (κ3) is 2.22. The Morgan fingerprint density at radius 2 is 1.76 bits per heavy atom. The molecule has 4 aliphatic rings. The molecule has 25 heavy (non-hydrogen) atoms.